The summed E-state index contributed by atoms with van der Waals surface area (Å²) in [4.78, 5) is 0.709. The molecule has 1 fully saturated rings. The Morgan fingerprint density at radius 3 is 2.21 bits per heavy atom. The minimum atomic E-state index is -1.21. The Hall–Kier alpha value is -0.240. The van der Waals surface area contributed by atoms with Crippen LogP contribution >= 0.6 is 0 Å². The second-order valence-electron chi connectivity index (χ2n) is 3.67. The van der Waals surface area contributed by atoms with E-state index in [0.29, 0.717) is 11.4 Å². The number of hydrogen-bond donors (Lipinski definition) is 6. The molecule has 84 valence electrons. The van der Waals surface area contributed by atoms with Gasteiger partial charge in [-0.1, -0.05) is 0 Å². The fourth-order valence-electron chi connectivity index (χ4n) is 1.92. The molecule has 6 heteroatoms. The highest BCUT2D eigenvalue weighted by molar-refractivity contribution is 4.84. The molecule has 0 aliphatic carbocycles. The number of hydrogen-bond acceptors (Lipinski definition) is 5. The maximum absolute atomic E-state index is 9.53. The second-order valence-corrected chi connectivity index (χ2v) is 3.67. The monoisotopic (exact) mass is 208 g/mol. The summed E-state index contributed by atoms with van der Waals surface area (Å²) in [5.41, 5.74) is 0. The standard InChI is InChI=1S/C8H17NO5/c10-2-1-9-3-6(12)8(14)7(13)5(9)4-11/h5-8,10-14H,1-4H2/p+1. The highest BCUT2D eigenvalue weighted by Crippen LogP contribution is 2.06. The average molecular weight is 208 g/mol. The predicted molar refractivity (Wildman–Crippen MR) is 46.7 cm³/mol. The van der Waals surface area contributed by atoms with Crippen LogP contribution in [-0.2, 0) is 0 Å². The molecule has 0 radical (unpaired) electrons. The van der Waals surface area contributed by atoms with Crippen LogP contribution < -0.4 is 4.90 Å². The Bertz CT molecular complexity index is 179. The van der Waals surface area contributed by atoms with Crippen molar-refractivity contribution in [3.05, 3.63) is 0 Å². The van der Waals surface area contributed by atoms with E-state index in [4.69, 9.17) is 10.2 Å². The number of rotatable bonds is 3. The molecule has 1 heterocycles. The van der Waals surface area contributed by atoms with Crippen LogP contribution in [0.25, 0.3) is 0 Å². The normalized spacial score (nSPS) is 43.9. The van der Waals surface area contributed by atoms with Crippen LogP contribution in [0.1, 0.15) is 0 Å². The van der Waals surface area contributed by atoms with Crippen molar-refractivity contribution >= 4 is 0 Å². The molecule has 14 heavy (non-hydrogen) atoms. The van der Waals surface area contributed by atoms with E-state index in [1.165, 1.54) is 0 Å². The number of likely N-dealkylation sites (tertiary alicyclic amines) is 1. The summed E-state index contributed by atoms with van der Waals surface area (Å²) in [6, 6.07) is -0.541. The fraction of sp³-hybridized carbons (Fsp3) is 1.00. The Labute approximate surface area is 82.0 Å². The topological polar surface area (TPSA) is 106 Å². The largest absolute Gasteiger partial charge is 0.391 e. The van der Waals surface area contributed by atoms with Gasteiger partial charge in [0.15, 0.2) is 0 Å². The summed E-state index contributed by atoms with van der Waals surface area (Å²) in [5.74, 6) is 0. The van der Waals surface area contributed by atoms with Gasteiger partial charge in [0.25, 0.3) is 0 Å². The predicted octanol–water partition coefficient (Wildman–Crippen LogP) is -4.68. The van der Waals surface area contributed by atoms with Gasteiger partial charge in [0.05, 0.1) is 13.2 Å². The maximum atomic E-state index is 9.53. The molecule has 0 aromatic rings. The van der Waals surface area contributed by atoms with Crippen molar-refractivity contribution in [1.29, 1.82) is 0 Å². The summed E-state index contributed by atoms with van der Waals surface area (Å²) in [7, 11) is 0. The number of nitrogens with one attached hydrogen (secondary N) is 1. The highest BCUT2D eigenvalue weighted by atomic mass is 16.4. The van der Waals surface area contributed by atoms with Crippen LogP contribution in [0.4, 0.5) is 0 Å². The SMILES string of the molecule is OCC[NH+]1CC(O)C(O)C(O)C1CO. The first-order valence-electron chi connectivity index (χ1n) is 4.72. The van der Waals surface area contributed by atoms with E-state index in [9.17, 15) is 15.3 Å². The average Bonchev–Trinajstić information content (AvgIpc) is 2.16. The van der Waals surface area contributed by atoms with Gasteiger partial charge < -0.3 is 30.4 Å². The van der Waals surface area contributed by atoms with E-state index in [2.05, 4.69) is 0 Å². The second kappa shape index (κ2) is 5.01. The van der Waals surface area contributed by atoms with Crippen LogP contribution in [0.2, 0.25) is 0 Å². The quantitative estimate of drug-likeness (QED) is 0.280. The van der Waals surface area contributed by atoms with Gasteiger partial charge >= 0.3 is 0 Å². The number of piperidine rings is 1. The highest BCUT2D eigenvalue weighted by Gasteiger charge is 2.43. The molecule has 0 spiro atoms. The number of aliphatic hydroxyl groups excluding tert-OH is 5. The Morgan fingerprint density at radius 2 is 1.71 bits per heavy atom. The molecular weight excluding hydrogens is 190 g/mol. The first-order chi connectivity index (χ1) is 6.61. The summed E-state index contributed by atoms with van der Waals surface area (Å²) in [6.45, 7) is 0.206. The zero-order valence-corrected chi connectivity index (χ0v) is 7.87. The van der Waals surface area contributed by atoms with Crippen molar-refractivity contribution in [2.75, 3.05) is 26.3 Å². The third-order valence-electron chi connectivity index (χ3n) is 2.78. The van der Waals surface area contributed by atoms with Gasteiger partial charge in [0, 0.05) is 0 Å². The lowest BCUT2D eigenvalue weighted by molar-refractivity contribution is -0.940. The molecular formula is C8H18NO5+. The zero-order valence-electron chi connectivity index (χ0n) is 7.87. The first-order valence-corrected chi connectivity index (χ1v) is 4.72. The molecule has 5 atom stereocenters. The lowest BCUT2D eigenvalue weighted by Crippen LogP contribution is -3.21. The Morgan fingerprint density at radius 1 is 1.07 bits per heavy atom. The molecule has 6 nitrogen and oxygen atoms in total. The van der Waals surface area contributed by atoms with E-state index in [1.807, 2.05) is 0 Å². The van der Waals surface area contributed by atoms with E-state index in [-0.39, 0.29) is 19.8 Å². The summed E-state index contributed by atoms with van der Waals surface area (Å²) in [5, 5.41) is 46.0. The minimum Gasteiger partial charge on any atom is -0.391 e. The van der Waals surface area contributed by atoms with Crippen LogP contribution in [-0.4, -0.2) is 76.2 Å². The molecule has 1 aliphatic rings. The van der Waals surface area contributed by atoms with Crippen LogP contribution in [0.5, 0.6) is 0 Å². The molecule has 0 bridgehead atoms. The third-order valence-corrected chi connectivity index (χ3v) is 2.78. The van der Waals surface area contributed by atoms with E-state index in [1.54, 1.807) is 0 Å². The number of aliphatic hydroxyl groups is 5. The van der Waals surface area contributed by atoms with Crippen molar-refractivity contribution in [2.24, 2.45) is 0 Å². The van der Waals surface area contributed by atoms with Gasteiger partial charge in [-0.15, -0.1) is 0 Å². The molecule has 5 unspecified atom stereocenters. The summed E-state index contributed by atoms with van der Waals surface area (Å²) < 4.78 is 0. The van der Waals surface area contributed by atoms with Gasteiger partial charge in [-0.25, -0.2) is 0 Å². The zero-order chi connectivity index (χ0) is 10.7. The van der Waals surface area contributed by atoms with Gasteiger partial charge in [-0.2, -0.15) is 0 Å². The lowest BCUT2D eigenvalue weighted by atomic mass is 9.94. The maximum Gasteiger partial charge on any atom is 0.140 e. The van der Waals surface area contributed by atoms with Crippen molar-refractivity contribution in [2.45, 2.75) is 24.4 Å². The lowest BCUT2D eigenvalue weighted by Gasteiger charge is -2.39. The van der Waals surface area contributed by atoms with E-state index >= 15 is 0 Å². The van der Waals surface area contributed by atoms with Crippen molar-refractivity contribution in [3.8, 4) is 0 Å². The minimum absolute atomic E-state index is 0.0820. The molecule has 1 aliphatic heterocycles. The van der Waals surface area contributed by atoms with Crippen LogP contribution in [0.3, 0.4) is 0 Å². The molecule has 6 N–H and O–H groups in total. The van der Waals surface area contributed by atoms with Gasteiger partial charge in [-0.05, 0) is 0 Å². The fourth-order valence-corrected chi connectivity index (χ4v) is 1.92. The van der Waals surface area contributed by atoms with E-state index in [0.717, 1.165) is 0 Å². The molecule has 1 saturated heterocycles. The van der Waals surface area contributed by atoms with E-state index < -0.39 is 24.4 Å². The first kappa shape index (κ1) is 11.8. The Kier molecular flexibility index (Phi) is 4.24. The molecule has 0 aromatic carbocycles. The Balaban J connectivity index is 2.66. The molecule has 0 amide bonds. The van der Waals surface area contributed by atoms with Crippen molar-refractivity contribution < 1.29 is 30.4 Å². The summed E-state index contributed by atoms with van der Waals surface area (Å²) >= 11 is 0. The van der Waals surface area contributed by atoms with Gasteiger partial charge in [-0.3, -0.25) is 0 Å². The molecule has 0 aromatic heterocycles. The smallest absolute Gasteiger partial charge is 0.140 e. The van der Waals surface area contributed by atoms with Gasteiger partial charge in [0.2, 0.25) is 0 Å². The van der Waals surface area contributed by atoms with Gasteiger partial charge in [0.1, 0.15) is 37.4 Å². The third kappa shape index (κ3) is 2.22. The number of quaternary nitrogens is 1. The van der Waals surface area contributed by atoms with Crippen molar-refractivity contribution in [1.82, 2.24) is 0 Å². The van der Waals surface area contributed by atoms with Crippen LogP contribution in [0.15, 0.2) is 0 Å². The van der Waals surface area contributed by atoms with Crippen molar-refractivity contribution in [3.63, 3.8) is 0 Å². The summed E-state index contributed by atoms with van der Waals surface area (Å²) in [6.07, 6.45) is -3.37. The molecule has 1 rings (SSSR count). The molecule has 0 saturated carbocycles. The van der Waals surface area contributed by atoms with Crippen LogP contribution in [0, 0.1) is 0 Å².